The molecule has 0 radical (unpaired) electrons. The van der Waals surface area contributed by atoms with Crippen LogP contribution in [0.1, 0.15) is 38.8 Å². The Hall–Kier alpha value is -1.02. The van der Waals surface area contributed by atoms with Gasteiger partial charge in [-0.2, -0.15) is 0 Å². The number of benzene rings is 2. The second-order valence-electron chi connectivity index (χ2n) is 9.28. The first kappa shape index (κ1) is 27.2. The maximum Gasteiger partial charge on any atom is 0.0364 e. The van der Waals surface area contributed by atoms with Gasteiger partial charge in [-0.1, -0.05) is 60.7 Å². The molecule has 0 aromatic heterocycles. The van der Waals surface area contributed by atoms with Gasteiger partial charge < -0.3 is 17.2 Å². The van der Waals surface area contributed by atoms with Crippen LogP contribution in [0.15, 0.2) is 60.7 Å². The fourth-order valence-corrected chi connectivity index (χ4v) is 6.50. The Morgan fingerprint density at radius 1 is 0.688 bits per heavy atom. The van der Waals surface area contributed by atoms with Crippen LogP contribution in [0.5, 0.6) is 0 Å². The van der Waals surface area contributed by atoms with Crippen molar-refractivity contribution < 1.29 is 0 Å². The Morgan fingerprint density at radius 2 is 1.06 bits per heavy atom. The number of thioether (sulfide) groups is 2. The summed E-state index contributed by atoms with van der Waals surface area (Å²) in [5.74, 6) is 1.92. The summed E-state index contributed by atoms with van der Waals surface area (Å²) in [7, 11) is 0. The van der Waals surface area contributed by atoms with Crippen molar-refractivity contribution in [2.75, 3.05) is 26.2 Å². The van der Waals surface area contributed by atoms with E-state index in [2.05, 4.69) is 93.3 Å². The fourth-order valence-electron chi connectivity index (χ4n) is 4.19. The van der Waals surface area contributed by atoms with Gasteiger partial charge in [-0.3, -0.25) is 4.90 Å². The van der Waals surface area contributed by atoms with Crippen molar-refractivity contribution in [1.29, 1.82) is 0 Å². The molecule has 0 aliphatic rings. The molecule has 0 saturated carbocycles. The van der Waals surface area contributed by atoms with Crippen molar-refractivity contribution in [3.63, 3.8) is 0 Å². The molecule has 0 aliphatic heterocycles. The Morgan fingerprint density at radius 3 is 1.38 bits per heavy atom. The average molecular weight is 475 g/mol. The minimum absolute atomic E-state index is 0.0483. The van der Waals surface area contributed by atoms with Crippen LogP contribution in [0.4, 0.5) is 0 Å². The lowest BCUT2D eigenvalue weighted by Gasteiger charge is -2.49. The molecule has 0 aliphatic carbocycles. The summed E-state index contributed by atoms with van der Waals surface area (Å²) in [5.41, 5.74) is 21.6. The number of hydrogen-bond donors (Lipinski definition) is 3. The lowest BCUT2D eigenvalue weighted by molar-refractivity contribution is 0.105. The highest BCUT2D eigenvalue weighted by atomic mass is 32.2. The Labute approximate surface area is 204 Å². The predicted molar refractivity (Wildman–Crippen MR) is 145 cm³/mol. The van der Waals surface area contributed by atoms with E-state index < -0.39 is 0 Å². The average Bonchev–Trinajstić information content (AvgIpc) is 2.78. The van der Waals surface area contributed by atoms with Crippen LogP contribution in [0, 0.1) is 0 Å². The molecule has 2 unspecified atom stereocenters. The van der Waals surface area contributed by atoms with Crippen LogP contribution < -0.4 is 17.2 Å². The zero-order chi connectivity index (χ0) is 23.6. The molecule has 0 amide bonds. The van der Waals surface area contributed by atoms with Gasteiger partial charge in [0.2, 0.25) is 0 Å². The third-order valence-corrected chi connectivity index (χ3v) is 9.13. The summed E-state index contributed by atoms with van der Waals surface area (Å²) in [4.78, 5) is 2.50. The Balaban J connectivity index is 2.19. The highest BCUT2D eigenvalue weighted by Crippen LogP contribution is 2.39. The molecule has 0 spiro atoms. The highest BCUT2D eigenvalue weighted by Gasteiger charge is 2.41. The van der Waals surface area contributed by atoms with Gasteiger partial charge in [0.25, 0.3) is 0 Å². The first-order chi connectivity index (χ1) is 15.2. The van der Waals surface area contributed by atoms with Crippen molar-refractivity contribution >= 4 is 23.5 Å². The minimum atomic E-state index is -0.0483. The molecule has 2 rings (SSSR count). The van der Waals surface area contributed by atoms with Gasteiger partial charge in [0.15, 0.2) is 0 Å². The van der Waals surface area contributed by atoms with Gasteiger partial charge in [-0.15, -0.1) is 23.5 Å². The van der Waals surface area contributed by atoms with E-state index in [4.69, 9.17) is 17.2 Å². The van der Waals surface area contributed by atoms with Crippen molar-refractivity contribution in [3.8, 4) is 0 Å². The molecular formula is C26H42N4S2. The standard InChI is InChI=1S/C26H42N4S2/c1-25(2,31-19-21-11-7-5-8-12-21)23(17-28)30(16-15-27)24(18-29)26(3,4)32-20-22-13-9-6-10-14-22/h5-14,23-24H,15-20,27-29H2,1-4H3. The molecule has 0 fully saturated rings. The first-order valence-corrected chi connectivity index (χ1v) is 13.4. The number of rotatable bonds is 14. The molecule has 32 heavy (non-hydrogen) atoms. The van der Waals surface area contributed by atoms with Crippen LogP contribution >= 0.6 is 23.5 Å². The molecule has 0 saturated heterocycles. The molecule has 6 heteroatoms. The van der Waals surface area contributed by atoms with Crippen LogP contribution in [-0.2, 0) is 11.5 Å². The van der Waals surface area contributed by atoms with Crippen LogP contribution in [0.3, 0.4) is 0 Å². The van der Waals surface area contributed by atoms with Crippen molar-refractivity contribution in [3.05, 3.63) is 71.8 Å². The molecule has 2 aromatic carbocycles. The number of nitrogens with two attached hydrogens (primary N) is 3. The molecule has 4 nitrogen and oxygen atoms in total. The highest BCUT2D eigenvalue weighted by molar-refractivity contribution is 8.00. The van der Waals surface area contributed by atoms with Gasteiger partial charge in [0, 0.05) is 59.3 Å². The minimum Gasteiger partial charge on any atom is -0.329 e. The zero-order valence-electron chi connectivity index (χ0n) is 20.2. The normalized spacial score (nSPS) is 14.5. The van der Waals surface area contributed by atoms with E-state index in [-0.39, 0.29) is 21.6 Å². The summed E-state index contributed by atoms with van der Waals surface area (Å²) >= 11 is 3.91. The SMILES string of the molecule is CC(C)(SCc1ccccc1)C(CN)N(CCN)C(CN)C(C)(C)SCc1ccccc1. The van der Waals surface area contributed by atoms with E-state index in [1.807, 2.05) is 23.5 Å². The molecule has 0 heterocycles. The molecule has 2 aromatic rings. The second-order valence-corrected chi connectivity index (χ2v) is 12.5. The topological polar surface area (TPSA) is 81.3 Å². The van der Waals surface area contributed by atoms with E-state index in [9.17, 15) is 0 Å². The number of hydrogen-bond acceptors (Lipinski definition) is 6. The Bertz CT molecular complexity index is 704. The van der Waals surface area contributed by atoms with Gasteiger partial charge in [0.1, 0.15) is 0 Å². The van der Waals surface area contributed by atoms with Gasteiger partial charge >= 0.3 is 0 Å². The monoisotopic (exact) mass is 474 g/mol. The van der Waals surface area contributed by atoms with Crippen molar-refractivity contribution in [2.24, 2.45) is 17.2 Å². The third kappa shape index (κ3) is 7.79. The van der Waals surface area contributed by atoms with E-state index >= 15 is 0 Å². The molecule has 0 bridgehead atoms. The third-order valence-electron chi connectivity index (χ3n) is 6.15. The van der Waals surface area contributed by atoms with Gasteiger partial charge in [0.05, 0.1) is 0 Å². The Kier molecular flexibility index (Phi) is 11.1. The van der Waals surface area contributed by atoms with Gasteiger partial charge in [-0.25, -0.2) is 0 Å². The van der Waals surface area contributed by atoms with E-state index in [1.165, 1.54) is 11.1 Å². The van der Waals surface area contributed by atoms with E-state index in [1.54, 1.807) is 0 Å². The lowest BCUT2D eigenvalue weighted by atomic mass is 9.94. The summed E-state index contributed by atoms with van der Waals surface area (Å²) in [6, 6.07) is 21.6. The second kappa shape index (κ2) is 13.0. The predicted octanol–water partition coefficient (Wildman–Crippen LogP) is 4.33. The zero-order valence-corrected chi connectivity index (χ0v) is 21.8. The smallest absolute Gasteiger partial charge is 0.0364 e. The largest absolute Gasteiger partial charge is 0.329 e. The van der Waals surface area contributed by atoms with Crippen LogP contribution in [0.2, 0.25) is 0 Å². The lowest BCUT2D eigenvalue weighted by Crippen LogP contribution is -2.63. The molecule has 178 valence electrons. The maximum absolute atomic E-state index is 6.42. The number of nitrogens with zero attached hydrogens (tertiary/aromatic N) is 1. The summed E-state index contributed by atoms with van der Waals surface area (Å²) < 4.78 is -0.0965. The van der Waals surface area contributed by atoms with Crippen molar-refractivity contribution in [2.45, 2.75) is 60.8 Å². The summed E-state index contributed by atoms with van der Waals surface area (Å²) in [6.45, 7) is 11.7. The quantitative estimate of drug-likeness (QED) is 0.378. The summed E-state index contributed by atoms with van der Waals surface area (Å²) in [5, 5.41) is 0. The van der Waals surface area contributed by atoms with Crippen LogP contribution in [0.25, 0.3) is 0 Å². The van der Waals surface area contributed by atoms with Crippen LogP contribution in [-0.4, -0.2) is 52.7 Å². The van der Waals surface area contributed by atoms with Crippen molar-refractivity contribution in [1.82, 2.24) is 4.90 Å². The fraction of sp³-hybridized carbons (Fsp3) is 0.538. The summed E-state index contributed by atoms with van der Waals surface area (Å²) in [6.07, 6.45) is 0. The van der Waals surface area contributed by atoms with E-state index in [0.717, 1.165) is 18.1 Å². The molecule has 2 atom stereocenters. The van der Waals surface area contributed by atoms with E-state index in [0.29, 0.717) is 19.6 Å². The first-order valence-electron chi connectivity index (χ1n) is 11.5. The maximum atomic E-state index is 6.42. The molecular weight excluding hydrogens is 432 g/mol. The molecule has 6 N–H and O–H groups in total. The van der Waals surface area contributed by atoms with Gasteiger partial charge in [-0.05, 0) is 38.8 Å².